The standard InChI is InChI=1S/C24H28N2O5/c1-3-4-17-11-20(29-2)12-18(23(17)27)14-26-9-7-16(8-10-26)24(28)25-19-5-6-21-22(13-19)31-15-30-21/h3,5-6,11-13,16,27H,1,4,7-10,14-15H2,2H3,(H,25,28)/p+1. The molecule has 1 amide bonds. The van der Waals surface area contributed by atoms with E-state index in [9.17, 15) is 9.90 Å². The van der Waals surface area contributed by atoms with Crippen LogP contribution in [0.1, 0.15) is 24.0 Å². The van der Waals surface area contributed by atoms with E-state index in [1.54, 1.807) is 19.3 Å². The van der Waals surface area contributed by atoms with Crippen LogP contribution in [0.15, 0.2) is 43.0 Å². The summed E-state index contributed by atoms with van der Waals surface area (Å²) in [6.45, 7) is 6.41. The molecule has 2 aromatic carbocycles. The molecule has 164 valence electrons. The number of fused-ring (bicyclic) bond motifs is 1. The minimum absolute atomic E-state index is 0.0237. The highest BCUT2D eigenvalue weighted by molar-refractivity contribution is 5.92. The molecule has 1 fully saturated rings. The molecule has 0 saturated carbocycles. The molecule has 0 atom stereocenters. The second-order valence-corrected chi connectivity index (χ2v) is 8.05. The fourth-order valence-electron chi connectivity index (χ4n) is 4.24. The number of aromatic hydroxyl groups is 1. The van der Waals surface area contributed by atoms with Gasteiger partial charge in [0.2, 0.25) is 12.7 Å². The van der Waals surface area contributed by atoms with Crippen molar-refractivity contribution in [3.8, 4) is 23.0 Å². The minimum Gasteiger partial charge on any atom is -0.507 e. The van der Waals surface area contributed by atoms with Crippen molar-refractivity contribution >= 4 is 11.6 Å². The molecule has 4 rings (SSSR count). The lowest BCUT2D eigenvalue weighted by Gasteiger charge is -2.29. The molecule has 7 nitrogen and oxygen atoms in total. The Morgan fingerprint density at radius 3 is 2.71 bits per heavy atom. The summed E-state index contributed by atoms with van der Waals surface area (Å²) < 4.78 is 16.1. The van der Waals surface area contributed by atoms with Gasteiger partial charge in [-0.1, -0.05) is 6.08 Å². The number of hydrogen-bond acceptors (Lipinski definition) is 5. The van der Waals surface area contributed by atoms with Crippen LogP contribution in [0.25, 0.3) is 0 Å². The topological polar surface area (TPSA) is 81.5 Å². The van der Waals surface area contributed by atoms with Crippen LogP contribution < -0.4 is 24.4 Å². The van der Waals surface area contributed by atoms with E-state index < -0.39 is 0 Å². The van der Waals surface area contributed by atoms with Crippen LogP contribution in [-0.4, -0.2) is 38.0 Å². The Labute approximate surface area is 182 Å². The van der Waals surface area contributed by atoms with E-state index in [-0.39, 0.29) is 18.6 Å². The molecule has 7 heteroatoms. The van der Waals surface area contributed by atoms with Crippen molar-refractivity contribution < 1.29 is 29.0 Å². The van der Waals surface area contributed by atoms with Gasteiger partial charge in [0.05, 0.1) is 25.8 Å². The van der Waals surface area contributed by atoms with Crippen LogP contribution in [0.2, 0.25) is 0 Å². The minimum atomic E-state index is -0.0237. The van der Waals surface area contributed by atoms with Crippen molar-refractivity contribution in [3.63, 3.8) is 0 Å². The summed E-state index contributed by atoms with van der Waals surface area (Å²) >= 11 is 0. The van der Waals surface area contributed by atoms with Gasteiger partial charge in [0.25, 0.3) is 0 Å². The van der Waals surface area contributed by atoms with Crippen LogP contribution >= 0.6 is 0 Å². The maximum Gasteiger partial charge on any atom is 0.231 e. The van der Waals surface area contributed by atoms with E-state index in [0.29, 0.717) is 30.2 Å². The molecule has 2 heterocycles. The van der Waals surface area contributed by atoms with Crippen molar-refractivity contribution in [1.82, 2.24) is 0 Å². The second-order valence-electron chi connectivity index (χ2n) is 8.05. The summed E-state index contributed by atoms with van der Waals surface area (Å²) in [5, 5.41) is 13.6. The van der Waals surface area contributed by atoms with Gasteiger partial charge in [-0.25, -0.2) is 0 Å². The highest BCUT2D eigenvalue weighted by atomic mass is 16.7. The molecule has 31 heavy (non-hydrogen) atoms. The number of piperidine rings is 1. The summed E-state index contributed by atoms with van der Waals surface area (Å²) in [7, 11) is 1.63. The number of benzene rings is 2. The molecule has 3 N–H and O–H groups in total. The summed E-state index contributed by atoms with van der Waals surface area (Å²) in [6, 6.07) is 9.19. The van der Waals surface area contributed by atoms with Gasteiger partial charge in [0, 0.05) is 36.1 Å². The summed E-state index contributed by atoms with van der Waals surface area (Å²) in [4.78, 5) is 14.1. The SMILES string of the molecule is C=CCc1cc(OC)cc(C[NH+]2CCC(C(=O)Nc3ccc4c(c3)OCO4)CC2)c1O. The van der Waals surface area contributed by atoms with Crippen molar-refractivity contribution in [2.24, 2.45) is 5.92 Å². The summed E-state index contributed by atoms with van der Waals surface area (Å²) in [5.74, 6) is 2.43. The Balaban J connectivity index is 1.34. The number of phenols is 1. The summed E-state index contributed by atoms with van der Waals surface area (Å²) in [5.41, 5.74) is 2.41. The number of quaternary nitrogens is 1. The maximum absolute atomic E-state index is 12.7. The van der Waals surface area contributed by atoms with Crippen LogP contribution in [0.5, 0.6) is 23.0 Å². The predicted molar refractivity (Wildman–Crippen MR) is 117 cm³/mol. The number of amides is 1. The highest BCUT2D eigenvalue weighted by Crippen LogP contribution is 2.34. The zero-order valence-electron chi connectivity index (χ0n) is 17.8. The van der Waals surface area contributed by atoms with Gasteiger partial charge >= 0.3 is 0 Å². The van der Waals surface area contributed by atoms with Crippen molar-refractivity contribution in [1.29, 1.82) is 0 Å². The zero-order valence-corrected chi connectivity index (χ0v) is 17.8. The van der Waals surface area contributed by atoms with Gasteiger partial charge < -0.3 is 29.5 Å². The third-order valence-electron chi connectivity index (χ3n) is 5.99. The van der Waals surface area contributed by atoms with E-state index >= 15 is 0 Å². The Morgan fingerprint density at radius 2 is 1.97 bits per heavy atom. The Bertz CT molecular complexity index is 967. The third kappa shape index (κ3) is 4.77. The molecule has 0 aliphatic carbocycles. The lowest BCUT2D eigenvalue weighted by Crippen LogP contribution is -3.11. The number of nitrogens with one attached hydrogen (secondary N) is 2. The van der Waals surface area contributed by atoms with Crippen molar-refractivity contribution in [2.45, 2.75) is 25.8 Å². The number of anilines is 1. The number of rotatable bonds is 7. The predicted octanol–water partition coefficient (Wildman–Crippen LogP) is 2.29. The van der Waals surface area contributed by atoms with Gasteiger partial charge in [-0.15, -0.1) is 6.58 Å². The van der Waals surface area contributed by atoms with Gasteiger partial charge in [-0.2, -0.15) is 0 Å². The number of likely N-dealkylation sites (tertiary alicyclic amines) is 1. The Kier molecular flexibility index (Phi) is 6.32. The quantitative estimate of drug-likeness (QED) is 0.593. The number of methoxy groups -OCH3 is 1. The molecule has 2 aliphatic heterocycles. The number of phenolic OH excluding ortho intramolecular Hbond substituents is 1. The highest BCUT2D eigenvalue weighted by Gasteiger charge is 2.28. The van der Waals surface area contributed by atoms with E-state index in [1.807, 2.05) is 24.3 Å². The number of carbonyl (C=O) groups excluding carboxylic acids is 1. The van der Waals surface area contributed by atoms with Gasteiger partial charge in [0.1, 0.15) is 18.0 Å². The van der Waals surface area contributed by atoms with Crippen LogP contribution in [0, 0.1) is 5.92 Å². The molecule has 0 aromatic heterocycles. The smallest absolute Gasteiger partial charge is 0.231 e. The first-order valence-corrected chi connectivity index (χ1v) is 10.6. The van der Waals surface area contributed by atoms with E-state index in [2.05, 4.69) is 11.9 Å². The zero-order chi connectivity index (χ0) is 21.8. The van der Waals surface area contributed by atoms with E-state index in [1.165, 1.54) is 4.90 Å². The van der Waals surface area contributed by atoms with E-state index in [0.717, 1.165) is 48.5 Å². The molecule has 0 unspecified atom stereocenters. The van der Waals surface area contributed by atoms with Gasteiger partial charge in [-0.3, -0.25) is 4.79 Å². The van der Waals surface area contributed by atoms with Crippen LogP contribution in [0.4, 0.5) is 5.69 Å². The van der Waals surface area contributed by atoms with Crippen LogP contribution in [0.3, 0.4) is 0 Å². The number of allylic oxidation sites excluding steroid dienone is 1. The van der Waals surface area contributed by atoms with Crippen molar-refractivity contribution in [2.75, 3.05) is 32.3 Å². The summed E-state index contributed by atoms with van der Waals surface area (Å²) in [6.07, 6.45) is 3.97. The monoisotopic (exact) mass is 425 g/mol. The fourth-order valence-corrected chi connectivity index (χ4v) is 4.24. The average molecular weight is 426 g/mol. The molecule has 0 bridgehead atoms. The molecule has 2 aromatic rings. The lowest BCUT2D eigenvalue weighted by molar-refractivity contribution is -0.919. The largest absolute Gasteiger partial charge is 0.507 e. The third-order valence-corrected chi connectivity index (χ3v) is 5.99. The number of ether oxygens (including phenoxy) is 3. The first-order valence-electron chi connectivity index (χ1n) is 10.6. The number of carbonyl (C=O) groups is 1. The average Bonchev–Trinajstić information content (AvgIpc) is 3.25. The fraction of sp³-hybridized carbons (Fsp3) is 0.375. The maximum atomic E-state index is 12.7. The lowest BCUT2D eigenvalue weighted by atomic mass is 9.95. The van der Waals surface area contributed by atoms with E-state index in [4.69, 9.17) is 14.2 Å². The van der Waals surface area contributed by atoms with Gasteiger partial charge in [0.15, 0.2) is 11.5 Å². The molecule has 0 spiro atoms. The molecular formula is C24H29N2O5+. The first-order chi connectivity index (χ1) is 15.1. The molecular weight excluding hydrogens is 396 g/mol. The van der Waals surface area contributed by atoms with Crippen LogP contribution in [-0.2, 0) is 17.8 Å². The number of hydrogen-bond donors (Lipinski definition) is 3. The van der Waals surface area contributed by atoms with Gasteiger partial charge in [-0.05, 0) is 30.7 Å². The molecule has 0 radical (unpaired) electrons. The first kappa shape index (κ1) is 21.1. The molecule has 2 aliphatic rings. The van der Waals surface area contributed by atoms with Crippen molar-refractivity contribution in [3.05, 3.63) is 54.1 Å². The Morgan fingerprint density at radius 1 is 1.23 bits per heavy atom. The Hall–Kier alpha value is -3.19. The second kappa shape index (κ2) is 9.31. The normalized spacial score (nSPS) is 19.6. The molecule has 1 saturated heterocycles.